The van der Waals surface area contributed by atoms with Crippen molar-refractivity contribution in [2.45, 2.75) is 6.42 Å². The first-order valence-electron chi connectivity index (χ1n) is 3.96. The van der Waals surface area contributed by atoms with Crippen LogP contribution in [0, 0.1) is 11.6 Å². The van der Waals surface area contributed by atoms with E-state index in [9.17, 15) is 13.6 Å². The Hall–Kier alpha value is -1.65. The van der Waals surface area contributed by atoms with Crippen LogP contribution in [0.25, 0.3) is 0 Å². The normalized spacial score (nSPS) is 9.86. The molecule has 14 heavy (non-hydrogen) atoms. The van der Waals surface area contributed by atoms with Crippen molar-refractivity contribution in [1.82, 2.24) is 0 Å². The number of benzene rings is 1. The molecule has 1 aromatic carbocycles. The number of primary amides is 1. The Morgan fingerprint density at radius 2 is 2.14 bits per heavy atom. The largest absolute Gasteiger partial charge is 0.490 e. The summed E-state index contributed by atoms with van der Waals surface area (Å²) < 4.78 is 30.2. The van der Waals surface area contributed by atoms with E-state index in [1.54, 1.807) is 0 Å². The van der Waals surface area contributed by atoms with Crippen LogP contribution in [0.3, 0.4) is 0 Å². The van der Waals surface area contributed by atoms with E-state index in [0.29, 0.717) is 6.07 Å². The van der Waals surface area contributed by atoms with Crippen molar-refractivity contribution in [2.24, 2.45) is 5.73 Å². The number of ether oxygens (including phenoxy) is 1. The van der Waals surface area contributed by atoms with E-state index in [1.165, 1.54) is 0 Å². The van der Waals surface area contributed by atoms with Crippen LogP contribution >= 0.6 is 0 Å². The molecule has 2 N–H and O–H groups in total. The molecule has 1 aromatic rings. The SMILES string of the molecule is NC(=O)CCOc1ccc(F)cc1F. The lowest BCUT2D eigenvalue weighted by Gasteiger charge is -2.05. The zero-order chi connectivity index (χ0) is 10.6. The van der Waals surface area contributed by atoms with E-state index in [0.717, 1.165) is 12.1 Å². The van der Waals surface area contributed by atoms with Crippen LogP contribution < -0.4 is 10.5 Å². The van der Waals surface area contributed by atoms with Crippen molar-refractivity contribution < 1.29 is 18.3 Å². The fraction of sp³-hybridized carbons (Fsp3) is 0.222. The van der Waals surface area contributed by atoms with Gasteiger partial charge in [-0.15, -0.1) is 0 Å². The number of rotatable bonds is 4. The molecule has 0 aliphatic carbocycles. The highest BCUT2D eigenvalue weighted by Crippen LogP contribution is 2.17. The van der Waals surface area contributed by atoms with E-state index in [4.69, 9.17) is 10.5 Å². The van der Waals surface area contributed by atoms with Gasteiger partial charge in [-0.1, -0.05) is 0 Å². The average molecular weight is 201 g/mol. The van der Waals surface area contributed by atoms with Crippen LogP contribution in [0.4, 0.5) is 8.78 Å². The van der Waals surface area contributed by atoms with Crippen LogP contribution in [-0.2, 0) is 4.79 Å². The van der Waals surface area contributed by atoms with Crippen molar-refractivity contribution in [3.05, 3.63) is 29.8 Å². The summed E-state index contributed by atoms with van der Waals surface area (Å²) in [6.07, 6.45) is -0.00316. The molecule has 0 aliphatic heterocycles. The molecule has 1 amide bonds. The first-order valence-corrected chi connectivity index (χ1v) is 3.96. The Labute approximate surface area is 79.5 Å². The number of carbonyl (C=O) groups is 1. The van der Waals surface area contributed by atoms with Gasteiger partial charge in [0.05, 0.1) is 13.0 Å². The third-order valence-corrected chi connectivity index (χ3v) is 1.50. The van der Waals surface area contributed by atoms with Crippen LogP contribution in [0.2, 0.25) is 0 Å². The van der Waals surface area contributed by atoms with Crippen LogP contribution in [0.1, 0.15) is 6.42 Å². The highest BCUT2D eigenvalue weighted by molar-refractivity contribution is 5.73. The number of carbonyl (C=O) groups excluding carboxylic acids is 1. The molecule has 0 atom stereocenters. The first kappa shape index (κ1) is 10.4. The second kappa shape index (κ2) is 4.55. The minimum Gasteiger partial charge on any atom is -0.490 e. The van der Waals surface area contributed by atoms with E-state index >= 15 is 0 Å². The maximum absolute atomic E-state index is 12.9. The highest BCUT2D eigenvalue weighted by atomic mass is 19.1. The molecule has 0 saturated carbocycles. The second-order valence-electron chi connectivity index (χ2n) is 2.64. The van der Waals surface area contributed by atoms with Crippen LogP contribution in [0.15, 0.2) is 18.2 Å². The molecule has 3 nitrogen and oxygen atoms in total. The van der Waals surface area contributed by atoms with Gasteiger partial charge in [0.25, 0.3) is 0 Å². The Balaban J connectivity index is 2.55. The van der Waals surface area contributed by atoms with Crippen molar-refractivity contribution in [2.75, 3.05) is 6.61 Å². The summed E-state index contributed by atoms with van der Waals surface area (Å²) in [5, 5.41) is 0. The summed E-state index contributed by atoms with van der Waals surface area (Å²) in [5.41, 5.74) is 4.85. The Bertz CT molecular complexity index is 342. The second-order valence-corrected chi connectivity index (χ2v) is 2.64. The summed E-state index contributed by atoms with van der Waals surface area (Å²) in [4.78, 5) is 10.3. The van der Waals surface area contributed by atoms with Crippen molar-refractivity contribution >= 4 is 5.91 Å². The number of hydrogen-bond acceptors (Lipinski definition) is 2. The van der Waals surface area contributed by atoms with Crippen LogP contribution in [-0.4, -0.2) is 12.5 Å². The van der Waals surface area contributed by atoms with Crippen LogP contribution in [0.5, 0.6) is 5.75 Å². The van der Waals surface area contributed by atoms with Crippen molar-refractivity contribution in [3.8, 4) is 5.75 Å². The maximum atomic E-state index is 12.9. The van der Waals surface area contributed by atoms with Gasteiger partial charge in [-0.2, -0.15) is 0 Å². The molecule has 76 valence electrons. The summed E-state index contributed by atoms with van der Waals surface area (Å²) in [6, 6.07) is 2.94. The number of nitrogens with two attached hydrogens (primary N) is 1. The van der Waals surface area contributed by atoms with Gasteiger partial charge in [0.15, 0.2) is 11.6 Å². The van der Waals surface area contributed by atoms with Gasteiger partial charge < -0.3 is 10.5 Å². The molecule has 0 aromatic heterocycles. The van der Waals surface area contributed by atoms with Gasteiger partial charge in [-0.25, -0.2) is 8.78 Å². The van der Waals surface area contributed by atoms with Crippen molar-refractivity contribution in [3.63, 3.8) is 0 Å². The molecule has 0 fully saturated rings. The lowest BCUT2D eigenvalue weighted by Crippen LogP contribution is -2.14. The number of halogens is 2. The fourth-order valence-electron chi connectivity index (χ4n) is 0.854. The third kappa shape index (κ3) is 3.01. The van der Waals surface area contributed by atoms with Gasteiger partial charge in [0.2, 0.25) is 5.91 Å². The van der Waals surface area contributed by atoms with Gasteiger partial charge in [-0.05, 0) is 12.1 Å². The summed E-state index contributed by atoms with van der Waals surface area (Å²) in [5.74, 6) is -2.10. The zero-order valence-corrected chi connectivity index (χ0v) is 7.30. The average Bonchev–Trinajstić information content (AvgIpc) is 2.08. The van der Waals surface area contributed by atoms with Gasteiger partial charge in [0, 0.05) is 6.07 Å². The molecule has 1 rings (SSSR count). The lowest BCUT2D eigenvalue weighted by molar-refractivity contribution is -0.118. The topological polar surface area (TPSA) is 52.3 Å². The smallest absolute Gasteiger partial charge is 0.220 e. The number of amides is 1. The minimum atomic E-state index is -0.797. The molecule has 0 heterocycles. The zero-order valence-electron chi connectivity index (χ0n) is 7.30. The molecular weight excluding hydrogens is 192 g/mol. The lowest BCUT2D eigenvalue weighted by atomic mass is 10.3. The Morgan fingerprint density at radius 1 is 1.43 bits per heavy atom. The molecule has 0 bridgehead atoms. The predicted octanol–water partition coefficient (Wildman–Crippen LogP) is 1.22. The first-order chi connectivity index (χ1) is 6.59. The summed E-state index contributed by atoms with van der Waals surface area (Å²) >= 11 is 0. The third-order valence-electron chi connectivity index (χ3n) is 1.50. The molecule has 0 radical (unpaired) electrons. The Morgan fingerprint density at radius 3 is 2.71 bits per heavy atom. The van der Waals surface area contributed by atoms with Gasteiger partial charge in [-0.3, -0.25) is 4.79 Å². The van der Waals surface area contributed by atoms with E-state index in [2.05, 4.69) is 0 Å². The minimum absolute atomic E-state index is 0.00316. The standard InChI is InChI=1S/C9H9F2NO2/c10-6-1-2-8(7(11)5-6)14-4-3-9(12)13/h1-2,5H,3-4H2,(H2,12,13). The van der Waals surface area contributed by atoms with E-state index in [-0.39, 0.29) is 18.8 Å². The molecule has 0 aliphatic rings. The Kier molecular flexibility index (Phi) is 3.39. The quantitative estimate of drug-likeness (QED) is 0.796. The van der Waals surface area contributed by atoms with Crippen molar-refractivity contribution in [1.29, 1.82) is 0 Å². The van der Waals surface area contributed by atoms with Gasteiger partial charge >= 0.3 is 0 Å². The maximum Gasteiger partial charge on any atom is 0.220 e. The molecule has 0 saturated heterocycles. The van der Waals surface area contributed by atoms with E-state index < -0.39 is 17.5 Å². The summed E-state index contributed by atoms with van der Waals surface area (Å²) in [6.45, 7) is -0.0160. The number of hydrogen-bond donors (Lipinski definition) is 1. The molecule has 5 heteroatoms. The molecule has 0 unspecified atom stereocenters. The molecular formula is C9H9F2NO2. The summed E-state index contributed by atoms with van der Waals surface area (Å²) in [7, 11) is 0. The van der Waals surface area contributed by atoms with Gasteiger partial charge in [0.1, 0.15) is 5.82 Å². The predicted molar refractivity (Wildman–Crippen MR) is 45.7 cm³/mol. The fourth-order valence-corrected chi connectivity index (χ4v) is 0.854. The monoisotopic (exact) mass is 201 g/mol. The highest BCUT2D eigenvalue weighted by Gasteiger charge is 2.04. The van der Waals surface area contributed by atoms with E-state index in [1.807, 2.05) is 0 Å². The molecule has 0 spiro atoms.